The molecule has 0 aliphatic heterocycles. The molecule has 3 N–H and O–H groups in total. The highest BCUT2D eigenvalue weighted by molar-refractivity contribution is 14.0. The minimum Gasteiger partial charge on any atom is -0.496 e. The Kier molecular flexibility index (Phi) is 10.5. The van der Waals surface area contributed by atoms with Crippen molar-refractivity contribution in [1.29, 1.82) is 0 Å². The van der Waals surface area contributed by atoms with Gasteiger partial charge in [0.15, 0.2) is 5.96 Å². The molecule has 25 heavy (non-hydrogen) atoms. The summed E-state index contributed by atoms with van der Waals surface area (Å²) in [5.41, 5.74) is 0.891. The number of rotatable bonds is 6. The SMILES string of the molecule is CN=C(NCC(=O)NC(C)(C)C)NCC(C)c1ccccc1OC.I. The van der Waals surface area contributed by atoms with Crippen LogP contribution in [-0.2, 0) is 4.79 Å². The van der Waals surface area contributed by atoms with Gasteiger partial charge in [-0.25, -0.2) is 0 Å². The van der Waals surface area contributed by atoms with Crippen molar-refractivity contribution in [3.05, 3.63) is 29.8 Å². The first-order valence-corrected chi connectivity index (χ1v) is 8.15. The molecule has 1 aromatic rings. The highest BCUT2D eigenvalue weighted by Gasteiger charge is 2.14. The van der Waals surface area contributed by atoms with Crippen molar-refractivity contribution in [3.63, 3.8) is 0 Å². The Balaban J connectivity index is 0.00000576. The van der Waals surface area contributed by atoms with Crippen LogP contribution >= 0.6 is 24.0 Å². The molecule has 0 saturated heterocycles. The molecule has 0 heterocycles. The number of nitrogens with one attached hydrogen (secondary N) is 3. The van der Waals surface area contributed by atoms with Crippen LogP contribution in [0.1, 0.15) is 39.2 Å². The van der Waals surface area contributed by atoms with Gasteiger partial charge in [-0.3, -0.25) is 9.79 Å². The molecular formula is C18H31IN4O2. The molecule has 1 rings (SSSR count). The molecule has 0 spiro atoms. The molecule has 1 atom stereocenters. The zero-order chi connectivity index (χ0) is 18.2. The van der Waals surface area contributed by atoms with Gasteiger partial charge in [0.2, 0.25) is 5.91 Å². The van der Waals surface area contributed by atoms with Crippen LogP contribution in [0.3, 0.4) is 0 Å². The minimum absolute atomic E-state index is 0. The van der Waals surface area contributed by atoms with E-state index in [4.69, 9.17) is 4.74 Å². The number of halogens is 1. The number of benzene rings is 1. The lowest BCUT2D eigenvalue weighted by molar-refractivity contribution is -0.121. The first-order chi connectivity index (χ1) is 11.3. The van der Waals surface area contributed by atoms with Crippen molar-refractivity contribution >= 4 is 35.8 Å². The normalized spacial score (nSPS) is 12.6. The summed E-state index contributed by atoms with van der Waals surface area (Å²) in [7, 11) is 3.36. The van der Waals surface area contributed by atoms with Crippen molar-refractivity contribution in [2.75, 3.05) is 27.2 Å². The number of nitrogens with zero attached hydrogens (tertiary/aromatic N) is 1. The van der Waals surface area contributed by atoms with Gasteiger partial charge in [-0.1, -0.05) is 25.1 Å². The predicted octanol–water partition coefficient (Wildman–Crippen LogP) is 2.50. The molecule has 1 unspecified atom stereocenters. The number of guanidine groups is 1. The van der Waals surface area contributed by atoms with Gasteiger partial charge in [-0.05, 0) is 32.4 Å². The quantitative estimate of drug-likeness (QED) is 0.345. The first kappa shape index (κ1) is 23.5. The molecular weight excluding hydrogens is 431 g/mol. The molecule has 6 nitrogen and oxygen atoms in total. The maximum absolute atomic E-state index is 11.8. The Morgan fingerprint density at radius 1 is 1.24 bits per heavy atom. The third-order valence-electron chi connectivity index (χ3n) is 3.40. The fourth-order valence-corrected chi connectivity index (χ4v) is 2.28. The number of hydrogen-bond acceptors (Lipinski definition) is 3. The smallest absolute Gasteiger partial charge is 0.239 e. The predicted molar refractivity (Wildman–Crippen MR) is 114 cm³/mol. The molecule has 0 aliphatic carbocycles. The first-order valence-electron chi connectivity index (χ1n) is 8.15. The van der Waals surface area contributed by atoms with E-state index < -0.39 is 0 Å². The Labute approximate surface area is 168 Å². The lowest BCUT2D eigenvalue weighted by Gasteiger charge is -2.21. The zero-order valence-electron chi connectivity index (χ0n) is 16.0. The molecule has 0 saturated carbocycles. The van der Waals surface area contributed by atoms with E-state index in [0.29, 0.717) is 12.5 Å². The topological polar surface area (TPSA) is 74.8 Å². The molecule has 0 fully saturated rings. The monoisotopic (exact) mass is 462 g/mol. The maximum Gasteiger partial charge on any atom is 0.239 e. The van der Waals surface area contributed by atoms with E-state index in [1.54, 1.807) is 14.2 Å². The number of ether oxygens (including phenoxy) is 1. The number of methoxy groups -OCH3 is 1. The lowest BCUT2D eigenvalue weighted by Crippen LogP contribution is -2.48. The molecule has 0 radical (unpaired) electrons. The minimum atomic E-state index is -0.242. The van der Waals surface area contributed by atoms with Gasteiger partial charge in [0.05, 0.1) is 13.7 Å². The van der Waals surface area contributed by atoms with Gasteiger partial charge in [0, 0.05) is 25.0 Å². The molecule has 7 heteroatoms. The molecule has 0 bridgehead atoms. The van der Waals surface area contributed by atoms with Crippen LogP contribution in [0.4, 0.5) is 0 Å². The van der Waals surface area contributed by atoms with Crippen molar-refractivity contribution in [3.8, 4) is 5.75 Å². The van der Waals surface area contributed by atoms with Crippen molar-refractivity contribution in [2.24, 2.45) is 4.99 Å². The zero-order valence-corrected chi connectivity index (χ0v) is 18.3. The molecule has 142 valence electrons. The van der Waals surface area contributed by atoms with E-state index in [2.05, 4.69) is 33.9 Å². The largest absolute Gasteiger partial charge is 0.496 e. The number of aliphatic imine (C=N–C) groups is 1. The molecule has 1 aromatic carbocycles. The molecule has 1 amide bonds. The maximum atomic E-state index is 11.8. The van der Waals surface area contributed by atoms with E-state index in [-0.39, 0.29) is 47.9 Å². The molecule has 0 aromatic heterocycles. The Bertz CT molecular complexity index is 570. The van der Waals surface area contributed by atoms with Gasteiger partial charge < -0.3 is 20.7 Å². The summed E-state index contributed by atoms with van der Waals surface area (Å²) in [6.45, 7) is 8.83. The summed E-state index contributed by atoms with van der Waals surface area (Å²) >= 11 is 0. The van der Waals surface area contributed by atoms with Gasteiger partial charge in [0.25, 0.3) is 0 Å². The summed E-state index contributed by atoms with van der Waals surface area (Å²) in [5, 5.41) is 9.17. The summed E-state index contributed by atoms with van der Waals surface area (Å²) < 4.78 is 5.40. The average Bonchev–Trinajstić information content (AvgIpc) is 2.53. The van der Waals surface area contributed by atoms with Crippen molar-refractivity contribution in [2.45, 2.75) is 39.2 Å². The second-order valence-electron chi connectivity index (χ2n) is 6.75. The van der Waals surface area contributed by atoms with Crippen LogP contribution in [0.15, 0.2) is 29.3 Å². The second-order valence-corrected chi connectivity index (χ2v) is 6.75. The standard InChI is InChI=1S/C18H30N4O2.HI/c1-13(14-9-7-8-10-15(14)24-6)11-20-17(19-5)21-12-16(23)22-18(2,3)4;/h7-10,13H,11-12H2,1-6H3,(H,22,23)(H2,19,20,21);1H. The summed E-state index contributed by atoms with van der Waals surface area (Å²) in [6.07, 6.45) is 0. The van der Waals surface area contributed by atoms with E-state index in [1.807, 2.05) is 39.0 Å². The third kappa shape index (κ3) is 8.94. The van der Waals surface area contributed by atoms with Gasteiger partial charge in [-0.2, -0.15) is 0 Å². The van der Waals surface area contributed by atoms with E-state index in [9.17, 15) is 4.79 Å². The summed E-state index contributed by atoms with van der Waals surface area (Å²) in [6, 6.07) is 7.96. The summed E-state index contributed by atoms with van der Waals surface area (Å²) in [5.74, 6) is 1.64. The number of hydrogen-bond donors (Lipinski definition) is 3. The fourth-order valence-electron chi connectivity index (χ4n) is 2.28. The van der Waals surface area contributed by atoms with Crippen LogP contribution in [0.2, 0.25) is 0 Å². The van der Waals surface area contributed by atoms with Crippen molar-refractivity contribution in [1.82, 2.24) is 16.0 Å². The number of para-hydroxylation sites is 1. The van der Waals surface area contributed by atoms with Crippen LogP contribution in [-0.4, -0.2) is 44.7 Å². The highest BCUT2D eigenvalue weighted by Crippen LogP contribution is 2.25. The van der Waals surface area contributed by atoms with Crippen LogP contribution in [0.25, 0.3) is 0 Å². The van der Waals surface area contributed by atoms with E-state index in [1.165, 1.54) is 0 Å². The fraction of sp³-hybridized carbons (Fsp3) is 0.556. The Morgan fingerprint density at radius 2 is 1.88 bits per heavy atom. The van der Waals surface area contributed by atoms with Crippen LogP contribution in [0.5, 0.6) is 5.75 Å². The van der Waals surface area contributed by atoms with Gasteiger partial charge in [0.1, 0.15) is 5.75 Å². The number of carbonyl (C=O) groups excluding carboxylic acids is 1. The van der Waals surface area contributed by atoms with Crippen LogP contribution in [0, 0.1) is 0 Å². The van der Waals surface area contributed by atoms with Crippen LogP contribution < -0.4 is 20.7 Å². The third-order valence-corrected chi connectivity index (χ3v) is 3.40. The van der Waals surface area contributed by atoms with Crippen molar-refractivity contribution < 1.29 is 9.53 Å². The molecule has 0 aliphatic rings. The Hall–Kier alpha value is -1.51. The van der Waals surface area contributed by atoms with Gasteiger partial charge >= 0.3 is 0 Å². The van der Waals surface area contributed by atoms with E-state index in [0.717, 1.165) is 11.3 Å². The van der Waals surface area contributed by atoms with E-state index >= 15 is 0 Å². The average molecular weight is 462 g/mol. The Morgan fingerprint density at radius 3 is 2.44 bits per heavy atom. The number of carbonyl (C=O) groups is 1. The highest BCUT2D eigenvalue weighted by atomic mass is 127. The van der Waals surface area contributed by atoms with Gasteiger partial charge in [-0.15, -0.1) is 24.0 Å². The second kappa shape index (κ2) is 11.2. The summed E-state index contributed by atoms with van der Waals surface area (Å²) in [4.78, 5) is 16.0. The lowest BCUT2D eigenvalue weighted by atomic mass is 10.0. The number of amides is 1.